The summed E-state index contributed by atoms with van der Waals surface area (Å²) < 4.78 is 65.3. The molecule has 0 aliphatic rings. The van der Waals surface area contributed by atoms with Crippen LogP contribution in [0.1, 0.15) is 0 Å². The van der Waals surface area contributed by atoms with Gasteiger partial charge in [-0.2, -0.15) is 10.2 Å². The fourth-order valence-electron chi connectivity index (χ4n) is 1.52. The molecule has 0 fully saturated rings. The average Bonchev–Trinajstić information content (AvgIpc) is 2.44. The van der Waals surface area contributed by atoms with E-state index in [0.717, 1.165) is 24.3 Å². The third-order valence-electron chi connectivity index (χ3n) is 2.49. The van der Waals surface area contributed by atoms with Crippen LogP contribution in [0.25, 0.3) is 0 Å². The van der Waals surface area contributed by atoms with Crippen LogP contribution in [0.2, 0.25) is 0 Å². The van der Waals surface area contributed by atoms with E-state index in [1.54, 1.807) is 0 Å². The minimum absolute atomic E-state index is 0. The Balaban J connectivity index is 0.00000264. The Morgan fingerprint density at radius 1 is 0.667 bits per heavy atom. The van der Waals surface area contributed by atoms with E-state index < -0.39 is 30.0 Å². The molecule has 0 aliphatic heterocycles. The third kappa shape index (κ3) is 7.00. The molecule has 2 rings (SSSR count). The van der Waals surface area contributed by atoms with Crippen molar-refractivity contribution in [3.05, 3.63) is 48.5 Å². The molecular formula is C12H8N2Na2O6S2. The van der Waals surface area contributed by atoms with E-state index in [-0.39, 0.29) is 70.5 Å². The average molecular weight is 386 g/mol. The van der Waals surface area contributed by atoms with Crippen LogP contribution in [0.15, 0.2) is 68.6 Å². The maximum atomic E-state index is 10.9. The molecule has 0 N–H and O–H groups in total. The van der Waals surface area contributed by atoms with Gasteiger partial charge in [0.25, 0.3) is 0 Å². The zero-order chi connectivity index (χ0) is 16.4. The first-order valence-corrected chi connectivity index (χ1v) is 8.51. The minimum Gasteiger partial charge on any atom is -0.744 e. The van der Waals surface area contributed by atoms with E-state index >= 15 is 0 Å². The zero-order valence-electron chi connectivity index (χ0n) is 12.8. The van der Waals surface area contributed by atoms with Crippen LogP contribution in [-0.2, 0) is 20.2 Å². The second-order valence-electron chi connectivity index (χ2n) is 4.10. The fourth-order valence-corrected chi connectivity index (χ4v) is 2.54. The first-order chi connectivity index (χ1) is 10.2. The van der Waals surface area contributed by atoms with Crippen LogP contribution in [0.4, 0.5) is 11.4 Å². The Kier molecular flexibility index (Phi) is 9.47. The maximum absolute atomic E-state index is 10.9. The predicted molar refractivity (Wildman–Crippen MR) is 73.0 cm³/mol. The van der Waals surface area contributed by atoms with Gasteiger partial charge in [-0.1, -0.05) is 12.1 Å². The van der Waals surface area contributed by atoms with Crippen molar-refractivity contribution in [3.63, 3.8) is 0 Å². The molecule has 0 saturated carbocycles. The summed E-state index contributed by atoms with van der Waals surface area (Å²) in [6.45, 7) is 0. The first-order valence-electron chi connectivity index (χ1n) is 5.70. The van der Waals surface area contributed by atoms with Crippen molar-refractivity contribution in [1.29, 1.82) is 0 Å². The van der Waals surface area contributed by atoms with E-state index in [2.05, 4.69) is 10.2 Å². The van der Waals surface area contributed by atoms with Gasteiger partial charge >= 0.3 is 59.1 Å². The van der Waals surface area contributed by atoms with Crippen molar-refractivity contribution < 1.29 is 85.1 Å². The van der Waals surface area contributed by atoms with Gasteiger partial charge in [-0.05, 0) is 36.4 Å². The minimum atomic E-state index is -4.61. The summed E-state index contributed by atoms with van der Waals surface area (Å²) >= 11 is 0. The quantitative estimate of drug-likeness (QED) is 0.297. The Morgan fingerprint density at radius 3 is 1.29 bits per heavy atom. The SMILES string of the molecule is O=S(=O)([O-])c1cccc(N=Nc2cccc(S(=O)(=O)[O-])c2)c1.[Na+].[Na+]. The van der Waals surface area contributed by atoms with Crippen molar-refractivity contribution >= 4 is 31.6 Å². The Hall–Kier alpha value is -0.140. The van der Waals surface area contributed by atoms with Crippen LogP contribution in [-0.4, -0.2) is 25.9 Å². The molecule has 2 aromatic carbocycles. The van der Waals surface area contributed by atoms with Gasteiger partial charge in [-0.25, -0.2) is 16.8 Å². The molecule has 8 nitrogen and oxygen atoms in total. The van der Waals surface area contributed by atoms with E-state index in [4.69, 9.17) is 0 Å². The second-order valence-corrected chi connectivity index (χ2v) is 6.86. The smallest absolute Gasteiger partial charge is 0.744 e. The van der Waals surface area contributed by atoms with Gasteiger partial charge in [-0.15, -0.1) is 0 Å². The molecular weight excluding hydrogens is 378 g/mol. The molecule has 0 heterocycles. The van der Waals surface area contributed by atoms with Crippen molar-refractivity contribution in [2.45, 2.75) is 9.79 Å². The Labute approximate surface area is 183 Å². The molecule has 0 aliphatic carbocycles. The van der Waals surface area contributed by atoms with Crippen LogP contribution in [0.3, 0.4) is 0 Å². The molecule has 12 heteroatoms. The standard InChI is InChI=1S/C12H10N2O6S2.2Na/c15-21(16,17)11-5-1-3-9(7-11)13-14-10-4-2-6-12(8-10)22(18,19)20;;/h1-8H,(H,15,16,17)(H,18,19,20);;/q;2*+1/p-2. The molecule has 0 saturated heterocycles. The third-order valence-corrected chi connectivity index (χ3v) is 4.16. The molecule has 24 heavy (non-hydrogen) atoms. The Bertz CT molecular complexity index is 868. The molecule has 2 aromatic rings. The van der Waals surface area contributed by atoms with Gasteiger partial charge in [0.1, 0.15) is 20.2 Å². The summed E-state index contributed by atoms with van der Waals surface area (Å²) in [7, 11) is -9.21. The van der Waals surface area contributed by atoms with Crippen molar-refractivity contribution in [3.8, 4) is 0 Å². The normalized spacial score (nSPS) is 11.6. The van der Waals surface area contributed by atoms with Crippen LogP contribution in [0, 0.1) is 0 Å². The van der Waals surface area contributed by atoms with E-state index in [0.29, 0.717) is 0 Å². The largest absolute Gasteiger partial charge is 1.00 e. The number of hydrogen-bond donors (Lipinski definition) is 0. The molecule has 0 amide bonds. The van der Waals surface area contributed by atoms with E-state index in [1.807, 2.05) is 0 Å². The second kappa shape index (κ2) is 9.53. The Morgan fingerprint density at radius 2 is 1.00 bits per heavy atom. The van der Waals surface area contributed by atoms with Gasteiger partial charge in [-0.3, -0.25) is 0 Å². The summed E-state index contributed by atoms with van der Waals surface area (Å²) in [4.78, 5) is -0.917. The monoisotopic (exact) mass is 386 g/mol. The van der Waals surface area contributed by atoms with Crippen molar-refractivity contribution in [2.24, 2.45) is 10.2 Å². The van der Waals surface area contributed by atoms with Crippen molar-refractivity contribution in [1.82, 2.24) is 0 Å². The molecule has 0 aromatic heterocycles. The number of benzene rings is 2. The summed E-state index contributed by atoms with van der Waals surface area (Å²) in [5, 5.41) is 7.40. The molecule has 116 valence electrons. The molecule has 0 atom stereocenters. The van der Waals surface area contributed by atoms with E-state index in [1.165, 1.54) is 24.3 Å². The summed E-state index contributed by atoms with van der Waals surface area (Å²) in [5.41, 5.74) is 0.180. The summed E-state index contributed by atoms with van der Waals surface area (Å²) in [5.74, 6) is 0. The van der Waals surface area contributed by atoms with Crippen LogP contribution >= 0.6 is 0 Å². The first kappa shape index (κ1) is 23.9. The number of rotatable bonds is 4. The predicted octanol–water partition coefficient (Wildman–Crippen LogP) is -4.08. The van der Waals surface area contributed by atoms with Gasteiger partial charge in [0.15, 0.2) is 0 Å². The zero-order valence-corrected chi connectivity index (χ0v) is 18.4. The molecule has 0 spiro atoms. The van der Waals surface area contributed by atoms with E-state index in [9.17, 15) is 25.9 Å². The van der Waals surface area contributed by atoms with Crippen molar-refractivity contribution in [2.75, 3.05) is 0 Å². The van der Waals surface area contributed by atoms with Gasteiger partial charge in [0, 0.05) is 0 Å². The maximum Gasteiger partial charge on any atom is 1.00 e. The van der Waals surface area contributed by atoms with Crippen LogP contribution in [0.5, 0.6) is 0 Å². The molecule has 0 bridgehead atoms. The molecule has 0 unspecified atom stereocenters. The van der Waals surface area contributed by atoms with Crippen LogP contribution < -0.4 is 59.1 Å². The fraction of sp³-hybridized carbons (Fsp3) is 0. The number of nitrogens with zero attached hydrogens (tertiary/aromatic N) is 2. The number of hydrogen-bond acceptors (Lipinski definition) is 8. The number of azo groups is 1. The molecule has 0 radical (unpaired) electrons. The van der Waals surface area contributed by atoms with Gasteiger partial charge < -0.3 is 9.11 Å². The van der Waals surface area contributed by atoms with Gasteiger partial charge in [0.2, 0.25) is 0 Å². The topological polar surface area (TPSA) is 139 Å². The summed E-state index contributed by atoms with van der Waals surface area (Å²) in [6, 6.07) is 9.74. The summed E-state index contributed by atoms with van der Waals surface area (Å²) in [6.07, 6.45) is 0. The van der Waals surface area contributed by atoms with Gasteiger partial charge in [0.05, 0.1) is 21.2 Å².